The van der Waals surface area contributed by atoms with Crippen molar-refractivity contribution in [3.63, 3.8) is 0 Å². The molecule has 5 heteroatoms. The van der Waals surface area contributed by atoms with Crippen molar-refractivity contribution in [3.8, 4) is 0 Å². The second-order valence-corrected chi connectivity index (χ2v) is 7.39. The number of nitrogens with zero attached hydrogens (tertiary/aromatic N) is 2. The summed E-state index contributed by atoms with van der Waals surface area (Å²) in [6, 6.07) is 14.4. The molecule has 1 aliphatic heterocycles. The molecule has 0 aliphatic carbocycles. The molecule has 0 bridgehead atoms. The summed E-state index contributed by atoms with van der Waals surface area (Å²) in [5.41, 5.74) is 4.94. The third-order valence-electron chi connectivity index (χ3n) is 4.83. The van der Waals surface area contributed by atoms with Crippen LogP contribution in [0, 0.1) is 13.8 Å². The summed E-state index contributed by atoms with van der Waals surface area (Å²) in [7, 11) is 0. The Morgan fingerprint density at radius 3 is 2.40 bits per heavy atom. The first-order valence-corrected chi connectivity index (χ1v) is 9.40. The first kappa shape index (κ1) is 18.2. The van der Waals surface area contributed by atoms with Crippen LogP contribution in [0.5, 0.6) is 0 Å². The molecule has 0 unspecified atom stereocenters. The molecule has 0 saturated carbocycles. The summed E-state index contributed by atoms with van der Waals surface area (Å²) >= 11 is 11.6. The van der Waals surface area contributed by atoms with Gasteiger partial charge in [-0.05, 0) is 61.0 Å². The first-order chi connectivity index (χ1) is 12.0. The van der Waals surface area contributed by atoms with Crippen LogP contribution in [0.25, 0.3) is 0 Å². The molecule has 0 aromatic heterocycles. The largest absolute Gasteiger partial charge is 0.346 e. The highest BCUT2D eigenvalue weighted by atomic mass is 35.5. The van der Waals surface area contributed by atoms with Gasteiger partial charge >= 0.3 is 0 Å². The Hall–Kier alpha value is -1.62. The van der Waals surface area contributed by atoms with Crippen LogP contribution in [0.1, 0.15) is 16.7 Å². The monoisotopic (exact) mass is 373 g/mol. The fourth-order valence-electron chi connectivity index (χ4n) is 3.04. The lowest BCUT2D eigenvalue weighted by Gasteiger charge is -2.36. The average molecular weight is 374 g/mol. The third-order valence-corrected chi connectivity index (χ3v) is 5.44. The SMILES string of the molecule is Cc1cccc(NC(=S)N2CCN(Cc3ccc(Cl)cc3)CC2)c1C. The number of aryl methyl sites for hydroxylation is 1. The van der Waals surface area contributed by atoms with Crippen molar-refractivity contribution in [2.45, 2.75) is 20.4 Å². The third kappa shape index (κ3) is 4.72. The predicted octanol–water partition coefficient (Wildman–Crippen LogP) is 4.47. The molecule has 0 atom stereocenters. The van der Waals surface area contributed by atoms with Crippen LogP contribution in [-0.2, 0) is 6.54 Å². The number of nitrogens with one attached hydrogen (secondary N) is 1. The summed E-state index contributed by atoms with van der Waals surface area (Å²) in [5, 5.41) is 5.02. The number of hydrogen-bond donors (Lipinski definition) is 1. The van der Waals surface area contributed by atoms with E-state index in [1.807, 2.05) is 12.1 Å². The van der Waals surface area contributed by atoms with E-state index in [1.165, 1.54) is 16.7 Å². The van der Waals surface area contributed by atoms with Gasteiger partial charge in [-0.3, -0.25) is 4.90 Å². The minimum absolute atomic E-state index is 0.788. The molecule has 132 valence electrons. The van der Waals surface area contributed by atoms with E-state index >= 15 is 0 Å². The number of rotatable bonds is 3. The minimum atomic E-state index is 0.788. The fourth-order valence-corrected chi connectivity index (χ4v) is 3.46. The van der Waals surface area contributed by atoms with E-state index in [0.717, 1.165) is 48.5 Å². The summed E-state index contributed by atoms with van der Waals surface area (Å²) in [4.78, 5) is 4.72. The summed E-state index contributed by atoms with van der Waals surface area (Å²) in [5.74, 6) is 0. The lowest BCUT2D eigenvalue weighted by molar-refractivity contribution is 0.177. The maximum absolute atomic E-state index is 5.95. The summed E-state index contributed by atoms with van der Waals surface area (Å²) < 4.78 is 0. The standard InChI is InChI=1S/C20H24ClN3S/c1-15-4-3-5-19(16(15)2)22-20(25)24-12-10-23(11-13-24)14-17-6-8-18(21)9-7-17/h3-9H,10-14H2,1-2H3,(H,22,25). The molecule has 3 rings (SSSR count). The van der Waals surface area contributed by atoms with Gasteiger partial charge in [0.05, 0.1) is 0 Å². The topological polar surface area (TPSA) is 18.5 Å². The average Bonchev–Trinajstić information content (AvgIpc) is 2.61. The van der Waals surface area contributed by atoms with Gasteiger partial charge in [0.25, 0.3) is 0 Å². The smallest absolute Gasteiger partial charge is 0.173 e. The van der Waals surface area contributed by atoms with Gasteiger partial charge in [0, 0.05) is 43.4 Å². The minimum Gasteiger partial charge on any atom is -0.346 e. The number of thiocarbonyl (C=S) groups is 1. The highest BCUT2D eigenvalue weighted by Crippen LogP contribution is 2.19. The molecule has 1 N–H and O–H groups in total. The Labute approximate surface area is 160 Å². The summed E-state index contributed by atoms with van der Waals surface area (Å²) in [6.45, 7) is 9.13. The molecular weight excluding hydrogens is 350 g/mol. The number of benzene rings is 2. The summed E-state index contributed by atoms with van der Waals surface area (Å²) in [6.07, 6.45) is 0. The van der Waals surface area contributed by atoms with E-state index < -0.39 is 0 Å². The van der Waals surface area contributed by atoms with Crippen molar-refractivity contribution in [1.29, 1.82) is 0 Å². The molecule has 1 saturated heterocycles. The van der Waals surface area contributed by atoms with Gasteiger partial charge in [-0.15, -0.1) is 0 Å². The molecule has 0 radical (unpaired) electrons. The highest BCUT2D eigenvalue weighted by molar-refractivity contribution is 7.80. The van der Waals surface area contributed by atoms with Crippen molar-refractivity contribution in [1.82, 2.24) is 9.80 Å². The molecule has 3 nitrogen and oxygen atoms in total. The van der Waals surface area contributed by atoms with Crippen molar-refractivity contribution in [2.75, 3.05) is 31.5 Å². The molecule has 25 heavy (non-hydrogen) atoms. The van der Waals surface area contributed by atoms with Gasteiger partial charge in [-0.25, -0.2) is 0 Å². The maximum Gasteiger partial charge on any atom is 0.173 e. The molecule has 1 aliphatic rings. The fraction of sp³-hybridized carbons (Fsp3) is 0.350. The van der Waals surface area contributed by atoms with Gasteiger partial charge in [-0.1, -0.05) is 35.9 Å². The number of piperazine rings is 1. The predicted molar refractivity (Wildman–Crippen MR) is 110 cm³/mol. The second-order valence-electron chi connectivity index (χ2n) is 6.57. The zero-order valence-corrected chi connectivity index (χ0v) is 16.3. The Balaban J connectivity index is 1.52. The van der Waals surface area contributed by atoms with Crippen LogP contribution in [-0.4, -0.2) is 41.1 Å². The van der Waals surface area contributed by atoms with Crippen molar-refractivity contribution < 1.29 is 0 Å². The Morgan fingerprint density at radius 2 is 1.72 bits per heavy atom. The Bertz CT molecular complexity index is 737. The number of anilines is 1. The van der Waals surface area contributed by atoms with E-state index in [1.54, 1.807) is 0 Å². The van der Waals surface area contributed by atoms with E-state index in [-0.39, 0.29) is 0 Å². The van der Waals surface area contributed by atoms with Gasteiger partial charge in [-0.2, -0.15) is 0 Å². The van der Waals surface area contributed by atoms with Crippen LogP contribution in [0.15, 0.2) is 42.5 Å². The van der Waals surface area contributed by atoms with Crippen LogP contribution in [0.3, 0.4) is 0 Å². The van der Waals surface area contributed by atoms with Crippen LogP contribution >= 0.6 is 23.8 Å². The van der Waals surface area contributed by atoms with Crippen molar-refractivity contribution in [3.05, 3.63) is 64.2 Å². The molecule has 0 amide bonds. The molecule has 0 spiro atoms. The zero-order chi connectivity index (χ0) is 17.8. The maximum atomic E-state index is 5.95. The lowest BCUT2D eigenvalue weighted by atomic mass is 10.1. The van der Waals surface area contributed by atoms with Crippen molar-refractivity contribution in [2.24, 2.45) is 0 Å². The number of hydrogen-bond acceptors (Lipinski definition) is 2. The normalized spacial score (nSPS) is 15.2. The molecule has 1 fully saturated rings. The quantitative estimate of drug-likeness (QED) is 0.799. The second kappa shape index (κ2) is 8.17. The van der Waals surface area contributed by atoms with E-state index in [9.17, 15) is 0 Å². The molecular formula is C20H24ClN3S. The van der Waals surface area contributed by atoms with Gasteiger partial charge in [0.15, 0.2) is 5.11 Å². The zero-order valence-electron chi connectivity index (χ0n) is 14.8. The van der Waals surface area contributed by atoms with Gasteiger partial charge in [0.1, 0.15) is 0 Å². The van der Waals surface area contributed by atoms with Gasteiger partial charge in [0.2, 0.25) is 0 Å². The van der Waals surface area contributed by atoms with Gasteiger partial charge < -0.3 is 10.2 Å². The number of halogens is 1. The lowest BCUT2D eigenvalue weighted by Crippen LogP contribution is -2.49. The van der Waals surface area contributed by atoms with E-state index in [2.05, 4.69) is 59.3 Å². The molecule has 2 aromatic carbocycles. The molecule has 2 aromatic rings. The first-order valence-electron chi connectivity index (χ1n) is 8.62. The van der Waals surface area contributed by atoms with E-state index in [4.69, 9.17) is 23.8 Å². The highest BCUT2D eigenvalue weighted by Gasteiger charge is 2.19. The van der Waals surface area contributed by atoms with Crippen LogP contribution < -0.4 is 5.32 Å². The van der Waals surface area contributed by atoms with Crippen LogP contribution in [0.4, 0.5) is 5.69 Å². The molecule has 1 heterocycles. The van der Waals surface area contributed by atoms with E-state index in [0.29, 0.717) is 0 Å². The Kier molecular flexibility index (Phi) is 5.94. The Morgan fingerprint density at radius 1 is 1.04 bits per heavy atom. The van der Waals surface area contributed by atoms with Crippen molar-refractivity contribution >= 4 is 34.6 Å². The van der Waals surface area contributed by atoms with Crippen LogP contribution in [0.2, 0.25) is 5.02 Å².